The second kappa shape index (κ2) is 3.55. The molecule has 0 spiro atoms. The Bertz CT molecular complexity index is 482. The van der Waals surface area contributed by atoms with Crippen LogP contribution < -0.4 is 0 Å². The van der Waals surface area contributed by atoms with Crippen LogP contribution in [0.25, 0.3) is 0 Å². The van der Waals surface area contributed by atoms with Gasteiger partial charge in [-0.2, -0.15) is 0 Å². The van der Waals surface area contributed by atoms with Gasteiger partial charge in [-0.15, -0.1) is 0 Å². The minimum absolute atomic E-state index is 0.151. The smallest absolute Gasteiger partial charge is 0.337 e. The fourth-order valence-electron chi connectivity index (χ4n) is 0.815. The molecule has 0 unspecified atom stereocenters. The van der Waals surface area contributed by atoms with Crippen LogP contribution in [0.3, 0.4) is 0 Å². The van der Waals surface area contributed by atoms with Gasteiger partial charge in [0.1, 0.15) is 0 Å². The Morgan fingerprint density at radius 1 is 1.57 bits per heavy atom. The summed E-state index contributed by atoms with van der Waals surface area (Å²) in [4.78, 5) is 13.9. The number of sulfone groups is 1. The molecule has 1 rings (SSSR count). The summed E-state index contributed by atoms with van der Waals surface area (Å²) in [6, 6.07) is 1.05. The topological polar surface area (TPSA) is 84.3 Å². The zero-order chi connectivity index (χ0) is 10.9. The summed E-state index contributed by atoms with van der Waals surface area (Å²) in [5.74, 6) is -1.21. The van der Waals surface area contributed by atoms with Gasteiger partial charge in [-0.1, -0.05) is 11.6 Å². The molecule has 0 saturated heterocycles. The van der Waals surface area contributed by atoms with Crippen LogP contribution in [-0.2, 0) is 9.84 Å². The van der Waals surface area contributed by atoms with Crippen molar-refractivity contribution in [2.24, 2.45) is 0 Å². The minimum atomic E-state index is -3.51. The average Bonchev–Trinajstić information content (AvgIpc) is 2.01. The van der Waals surface area contributed by atoms with Crippen molar-refractivity contribution in [3.8, 4) is 0 Å². The quantitative estimate of drug-likeness (QED) is 0.821. The van der Waals surface area contributed by atoms with Crippen LogP contribution >= 0.6 is 11.6 Å². The molecule has 0 aromatic carbocycles. The van der Waals surface area contributed by atoms with Gasteiger partial charge in [-0.25, -0.2) is 18.2 Å². The molecular formula is C7H6ClNO4S. The Hall–Kier alpha value is -1.14. The number of halogens is 1. The highest BCUT2D eigenvalue weighted by Crippen LogP contribution is 2.19. The van der Waals surface area contributed by atoms with Crippen molar-refractivity contribution in [2.45, 2.75) is 5.03 Å². The molecular weight excluding hydrogens is 230 g/mol. The maximum absolute atomic E-state index is 11.0. The van der Waals surface area contributed by atoms with Crippen molar-refractivity contribution in [3.63, 3.8) is 0 Å². The maximum Gasteiger partial charge on any atom is 0.337 e. The molecule has 1 aromatic rings. The minimum Gasteiger partial charge on any atom is -0.478 e. The standard InChI is InChI=1S/C7H6ClNO4S/c1-14(12,13)6-5(8)2-4(3-9-6)7(10)11/h2-3H,1H3,(H,10,11). The van der Waals surface area contributed by atoms with Gasteiger partial charge in [0.05, 0.1) is 10.6 Å². The van der Waals surface area contributed by atoms with Gasteiger partial charge in [0.15, 0.2) is 14.9 Å². The summed E-state index contributed by atoms with van der Waals surface area (Å²) in [5.41, 5.74) is -0.151. The van der Waals surface area contributed by atoms with Crippen molar-refractivity contribution < 1.29 is 18.3 Å². The molecule has 0 bridgehead atoms. The van der Waals surface area contributed by atoms with E-state index in [-0.39, 0.29) is 15.6 Å². The van der Waals surface area contributed by atoms with E-state index in [4.69, 9.17) is 16.7 Å². The fraction of sp³-hybridized carbons (Fsp3) is 0.143. The van der Waals surface area contributed by atoms with E-state index in [9.17, 15) is 13.2 Å². The number of aromatic nitrogens is 1. The first-order valence-corrected chi connectivity index (χ1v) is 5.68. The summed E-state index contributed by atoms with van der Waals surface area (Å²) in [7, 11) is -3.51. The third-order valence-corrected chi connectivity index (χ3v) is 2.83. The number of nitrogens with zero attached hydrogens (tertiary/aromatic N) is 1. The molecule has 1 heterocycles. The molecule has 5 nitrogen and oxygen atoms in total. The third-order valence-electron chi connectivity index (χ3n) is 1.41. The highest BCUT2D eigenvalue weighted by atomic mass is 35.5. The Kier molecular flexibility index (Phi) is 2.77. The average molecular weight is 236 g/mol. The zero-order valence-electron chi connectivity index (χ0n) is 7.06. The monoisotopic (exact) mass is 235 g/mol. The lowest BCUT2D eigenvalue weighted by atomic mass is 10.3. The first-order valence-electron chi connectivity index (χ1n) is 3.41. The number of carbonyl (C=O) groups is 1. The summed E-state index contributed by atoms with van der Waals surface area (Å²) >= 11 is 5.55. The number of hydrogen-bond acceptors (Lipinski definition) is 4. The highest BCUT2D eigenvalue weighted by Gasteiger charge is 2.16. The van der Waals surface area contributed by atoms with Gasteiger partial charge in [0, 0.05) is 12.5 Å². The number of rotatable bonds is 2. The van der Waals surface area contributed by atoms with E-state index in [1.165, 1.54) is 0 Å². The van der Waals surface area contributed by atoms with Gasteiger partial charge in [0.2, 0.25) is 0 Å². The fourth-order valence-corrected chi connectivity index (χ4v) is 2.06. The second-order valence-electron chi connectivity index (χ2n) is 2.59. The Morgan fingerprint density at radius 2 is 2.14 bits per heavy atom. The summed E-state index contributed by atoms with van der Waals surface area (Å²) in [6.45, 7) is 0. The molecule has 0 amide bonds. The lowest BCUT2D eigenvalue weighted by molar-refractivity contribution is 0.0696. The molecule has 0 aliphatic rings. The predicted octanol–water partition coefficient (Wildman–Crippen LogP) is 0.837. The van der Waals surface area contributed by atoms with E-state index in [1.807, 2.05) is 0 Å². The summed E-state index contributed by atoms with van der Waals surface area (Å²) in [5, 5.41) is 8.05. The Labute approximate surface area is 85.3 Å². The van der Waals surface area contributed by atoms with Gasteiger partial charge >= 0.3 is 5.97 Å². The predicted molar refractivity (Wildman–Crippen MR) is 49.3 cm³/mol. The molecule has 0 radical (unpaired) electrons. The van der Waals surface area contributed by atoms with Crippen LogP contribution in [-0.4, -0.2) is 30.7 Å². The first-order chi connectivity index (χ1) is 6.32. The number of aromatic carboxylic acids is 1. The molecule has 0 atom stereocenters. The van der Waals surface area contributed by atoms with E-state index < -0.39 is 15.8 Å². The van der Waals surface area contributed by atoms with Crippen molar-refractivity contribution in [2.75, 3.05) is 6.26 Å². The molecule has 1 aromatic heterocycles. The summed E-state index contributed by atoms with van der Waals surface area (Å²) in [6.07, 6.45) is 1.90. The maximum atomic E-state index is 11.0. The van der Waals surface area contributed by atoms with E-state index in [0.717, 1.165) is 18.5 Å². The van der Waals surface area contributed by atoms with Crippen molar-refractivity contribution in [3.05, 3.63) is 22.8 Å². The summed E-state index contributed by atoms with van der Waals surface area (Å²) < 4.78 is 22.1. The molecule has 7 heteroatoms. The molecule has 1 N–H and O–H groups in total. The Morgan fingerprint density at radius 3 is 2.50 bits per heavy atom. The second-order valence-corrected chi connectivity index (χ2v) is 4.93. The molecule has 0 saturated carbocycles. The molecule has 0 aliphatic heterocycles. The SMILES string of the molecule is CS(=O)(=O)c1ncc(C(=O)O)cc1Cl. The lowest BCUT2D eigenvalue weighted by Gasteiger charge is -2.00. The van der Waals surface area contributed by atoms with E-state index >= 15 is 0 Å². The van der Waals surface area contributed by atoms with Crippen LogP contribution in [0.5, 0.6) is 0 Å². The van der Waals surface area contributed by atoms with Crippen LogP contribution in [0.1, 0.15) is 10.4 Å². The van der Waals surface area contributed by atoms with Gasteiger partial charge < -0.3 is 5.11 Å². The lowest BCUT2D eigenvalue weighted by Crippen LogP contribution is -2.04. The molecule has 76 valence electrons. The number of hydrogen-bond donors (Lipinski definition) is 1. The third kappa shape index (κ3) is 2.21. The van der Waals surface area contributed by atoms with E-state index in [2.05, 4.69) is 4.98 Å². The van der Waals surface area contributed by atoms with Crippen molar-refractivity contribution in [1.29, 1.82) is 0 Å². The number of carboxylic acid groups (broad SMARTS) is 1. The van der Waals surface area contributed by atoms with Gasteiger partial charge in [-0.05, 0) is 6.07 Å². The van der Waals surface area contributed by atoms with Gasteiger partial charge in [-0.3, -0.25) is 0 Å². The molecule has 0 aliphatic carbocycles. The first kappa shape index (κ1) is 10.9. The van der Waals surface area contributed by atoms with Crippen LogP contribution in [0.2, 0.25) is 5.02 Å². The Balaban J connectivity index is 3.35. The number of carboxylic acids is 1. The van der Waals surface area contributed by atoms with Crippen LogP contribution in [0.15, 0.2) is 17.3 Å². The molecule has 14 heavy (non-hydrogen) atoms. The zero-order valence-corrected chi connectivity index (χ0v) is 8.63. The molecule has 0 fully saturated rings. The van der Waals surface area contributed by atoms with Crippen molar-refractivity contribution in [1.82, 2.24) is 4.98 Å². The largest absolute Gasteiger partial charge is 0.478 e. The number of pyridine rings is 1. The normalized spacial score (nSPS) is 11.3. The van der Waals surface area contributed by atoms with E-state index in [1.54, 1.807) is 0 Å². The van der Waals surface area contributed by atoms with Gasteiger partial charge in [0.25, 0.3) is 0 Å². The van der Waals surface area contributed by atoms with Crippen LogP contribution in [0.4, 0.5) is 0 Å². The highest BCUT2D eigenvalue weighted by molar-refractivity contribution is 7.90. The van der Waals surface area contributed by atoms with E-state index in [0.29, 0.717) is 0 Å². The van der Waals surface area contributed by atoms with Crippen molar-refractivity contribution >= 4 is 27.4 Å². The van der Waals surface area contributed by atoms with Crippen LogP contribution in [0, 0.1) is 0 Å².